The van der Waals surface area contributed by atoms with Crippen LogP contribution in [0.3, 0.4) is 0 Å². The van der Waals surface area contributed by atoms with Crippen molar-refractivity contribution in [2.24, 2.45) is 0 Å². The Kier molecular flexibility index (Phi) is 1.74. The lowest BCUT2D eigenvalue weighted by atomic mass is 10.3. The topological polar surface area (TPSA) is 49.4 Å². The summed E-state index contributed by atoms with van der Waals surface area (Å²) in [7, 11) is -3.01. The Bertz CT molecular complexity index is 183. The van der Waals surface area contributed by atoms with Crippen molar-refractivity contribution in [2.45, 2.75) is 6.42 Å². The Labute approximate surface area is 54.9 Å². The van der Waals surface area contributed by atoms with E-state index in [0.717, 1.165) is 25.8 Å². The van der Waals surface area contributed by atoms with E-state index in [1.807, 2.05) is 0 Å². The van der Waals surface area contributed by atoms with E-state index in [1.54, 1.807) is 5.01 Å². The highest BCUT2D eigenvalue weighted by Gasteiger charge is 2.16. The number of hydrogen-bond acceptors (Lipinski definition) is 3. The van der Waals surface area contributed by atoms with Crippen LogP contribution >= 0.6 is 0 Å². The minimum atomic E-state index is -3.01. The predicted octanol–water partition coefficient (Wildman–Crippen LogP) is -0.844. The molecule has 0 aromatic rings. The van der Waals surface area contributed by atoms with Gasteiger partial charge in [0.2, 0.25) is 10.0 Å². The van der Waals surface area contributed by atoms with Crippen LogP contribution in [-0.2, 0) is 10.0 Å². The predicted molar refractivity (Wildman–Crippen MR) is 34.2 cm³/mol. The molecule has 0 bridgehead atoms. The molecule has 0 spiro atoms. The third kappa shape index (κ3) is 2.30. The Morgan fingerprint density at radius 3 is 2.11 bits per heavy atom. The molecule has 4 nitrogen and oxygen atoms in total. The van der Waals surface area contributed by atoms with E-state index in [-0.39, 0.29) is 0 Å². The highest BCUT2D eigenvalue weighted by molar-refractivity contribution is 7.88. The van der Waals surface area contributed by atoms with Crippen LogP contribution in [0.4, 0.5) is 0 Å². The van der Waals surface area contributed by atoms with Crippen molar-refractivity contribution in [3.63, 3.8) is 0 Å². The fourth-order valence-electron chi connectivity index (χ4n) is 0.642. The van der Waals surface area contributed by atoms with Crippen LogP contribution in [0.15, 0.2) is 0 Å². The Morgan fingerprint density at radius 2 is 2.00 bits per heavy atom. The van der Waals surface area contributed by atoms with Crippen molar-refractivity contribution in [1.82, 2.24) is 9.84 Å². The van der Waals surface area contributed by atoms with Crippen LogP contribution in [-0.4, -0.2) is 32.8 Å². The molecule has 0 atom stereocenters. The van der Waals surface area contributed by atoms with E-state index in [0.29, 0.717) is 0 Å². The molecule has 1 fully saturated rings. The molecule has 0 radical (unpaired) electrons. The Balaban J connectivity index is 2.33. The standard InChI is InChI=1S/C4H10N2O2S/c1-9(7,8)5-6-3-2-4-6/h5H,2-4H2,1H3. The molecule has 1 N–H and O–H groups in total. The van der Waals surface area contributed by atoms with Gasteiger partial charge in [0.25, 0.3) is 0 Å². The van der Waals surface area contributed by atoms with Crippen LogP contribution in [0.25, 0.3) is 0 Å². The van der Waals surface area contributed by atoms with Gasteiger partial charge in [0.05, 0.1) is 6.26 Å². The zero-order chi connectivity index (χ0) is 6.91. The van der Waals surface area contributed by atoms with Gasteiger partial charge in [-0.25, -0.2) is 13.4 Å². The molecule has 1 heterocycles. The lowest BCUT2D eigenvalue weighted by Crippen LogP contribution is -2.49. The minimum Gasteiger partial charge on any atom is -0.231 e. The van der Waals surface area contributed by atoms with Crippen molar-refractivity contribution in [3.05, 3.63) is 0 Å². The monoisotopic (exact) mass is 150 g/mol. The van der Waals surface area contributed by atoms with E-state index in [1.165, 1.54) is 0 Å². The fraction of sp³-hybridized carbons (Fsp3) is 1.00. The molecule has 0 saturated carbocycles. The first kappa shape index (κ1) is 6.98. The average Bonchev–Trinajstić information content (AvgIpc) is 1.53. The molecule has 0 aromatic carbocycles. The van der Waals surface area contributed by atoms with Gasteiger partial charge in [-0.15, -0.1) is 4.83 Å². The molecule has 5 heteroatoms. The molecule has 0 unspecified atom stereocenters. The second kappa shape index (κ2) is 2.24. The van der Waals surface area contributed by atoms with Gasteiger partial charge in [-0.2, -0.15) is 0 Å². The molecule has 1 aliphatic rings. The summed E-state index contributed by atoms with van der Waals surface area (Å²) in [5.74, 6) is 0. The summed E-state index contributed by atoms with van der Waals surface area (Å²) in [5.41, 5.74) is 0. The van der Waals surface area contributed by atoms with E-state index < -0.39 is 10.0 Å². The molecule has 1 aliphatic heterocycles. The number of hydrogen-bond donors (Lipinski definition) is 1. The van der Waals surface area contributed by atoms with Gasteiger partial charge < -0.3 is 0 Å². The third-order valence-electron chi connectivity index (χ3n) is 1.15. The molecule has 0 aromatic heterocycles. The summed E-state index contributed by atoms with van der Waals surface area (Å²) in [4.78, 5) is 2.36. The van der Waals surface area contributed by atoms with Crippen molar-refractivity contribution >= 4 is 10.0 Å². The smallest absolute Gasteiger partial charge is 0.221 e. The zero-order valence-corrected chi connectivity index (χ0v) is 6.11. The van der Waals surface area contributed by atoms with Crippen molar-refractivity contribution in [2.75, 3.05) is 19.3 Å². The van der Waals surface area contributed by atoms with E-state index in [4.69, 9.17) is 0 Å². The second-order valence-corrected chi connectivity index (χ2v) is 3.93. The molecular formula is C4H10N2O2S. The average molecular weight is 150 g/mol. The lowest BCUT2D eigenvalue weighted by molar-refractivity contribution is 0.152. The van der Waals surface area contributed by atoms with Gasteiger partial charge >= 0.3 is 0 Å². The molecule has 1 rings (SSSR count). The van der Waals surface area contributed by atoms with E-state index in [2.05, 4.69) is 4.83 Å². The highest BCUT2D eigenvalue weighted by atomic mass is 32.2. The quantitative estimate of drug-likeness (QED) is 0.558. The van der Waals surface area contributed by atoms with Crippen LogP contribution in [0.2, 0.25) is 0 Å². The molecule has 9 heavy (non-hydrogen) atoms. The van der Waals surface area contributed by atoms with E-state index >= 15 is 0 Å². The lowest BCUT2D eigenvalue weighted by Gasteiger charge is -2.29. The molecule has 0 aliphatic carbocycles. The first-order chi connectivity index (χ1) is 4.08. The van der Waals surface area contributed by atoms with Gasteiger partial charge in [0.15, 0.2) is 0 Å². The van der Waals surface area contributed by atoms with Crippen LogP contribution < -0.4 is 4.83 Å². The van der Waals surface area contributed by atoms with Crippen molar-refractivity contribution in [3.8, 4) is 0 Å². The van der Waals surface area contributed by atoms with Gasteiger partial charge in [0, 0.05) is 13.1 Å². The summed E-state index contributed by atoms with van der Waals surface area (Å²) >= 11 is 0. The summed E-state index contributed by atoms with van der Waals surface area (Å²) in [5, 5.41) is 1.68. The summed E-state index contributed by atoms with van der Waals surface area (Å²) in [6.45, 7) is 1.68. The summed E-state index contributed by atoms with van der Waals surface area (Å²) in [6.07, 6.45) is 2.24. The zero-order valence-electron chi connectivity index (χ0n) is 5.29. The largest absolute Gasteiger partial charge is 0.231 e. The summed E-state index contributed by atoms with van der Waals surface area (Å²) in [6, 6.07) is 0. The number of hydrazine groups is 1. The number of nitrogens with one attached hydrogen (secondary N) is 1. The van der Waals surface area contributed by atoms with Gasteiger partial charge in [-0.05, 0) is 6.42 Å². The molecular weight excluding hydrogens is 140 g/mol. The molecule has 54 valence electrons. The Hall–Kier alpha value is -0.130. The highest BCUT2D eigenvalue weighted by Crippen LogP contribution is 2.01. The van der Waals surface area contributed by atoms with Crippen molar-refractivity contribution in [1.29, 1.82) is 0 Å². The van der Waals surface area contributed by atoms with Gasteiger partial charge in [0.1, 0.15) is 0 Å². The fourth-order valence-corrected chi connectivity index (χ4v) is 1.29. The van der Waals surface area contributed by atoms with E-state index in [9.17, 15) is 8.42 Å². The SMILES string of the molecule is CS(=O)(=O)NN1CCC1. The van der Waals surface area contributed by atoms with Crippen LogP contribution in [0, 0.1) is 0 Å². The third-order valence-corrected chi connectivity index (χ3v) is 1.74. The maximum atomic E-state index is 10.5. The number of rotatable bonds is 2. The van der Waals surface area contributed by atoms with Crippen LogP contribution in [0.1, 0.15) is 6.42 Å². The number of sulfonamides is 1. The van der Waals surface area contributed by atoms with Crippen LogP contribution in [0.5, 0.6) is 0 Å². The molecule has 0 amide bonds. The normalized spacial score (nSPS) is 21.4. The van der Waals surface area contributed by atoms with Crippen molar-refractivity contribution < 1.29 is 8.42 Å². The molecule has 1 saturated heterocycles. The van der Waals surface area contributed by atoms with Gasteiger partial charge in [-0.3, -0.25) is 0 Å². The first-order valence-electron chi connectivity index (χ1n) is 2.80. The Morgan fingerprint density at radius 1 is 1.44 bits per heavy atom. The minimum absolute atomic E-state index is 0.840. The maximum absolute atomic E-state index is 10.5. The number of nitrogens with zero attached hydrogens (tertiary/aromatic N) is 1. The summed E-state index contributed by atoms with van der Waals surface area (Å²) < 4.78 is 21.0. The maximum Gasteiger partial charge on any atom is 0.221 e. The first-order valence-corrected chi connectivity index (χ1v) is 4.69. The second-order valence-electron chi connectivity index (χ2n) is 2.20. The van der Waals surface area contributed by atoms with Gasteiger partial charge in [-0.1, -0.05) is 0 Å².